The monoisotopic (exact) mass is 409 g/mol. The Morgan fingerprint density at radius 3 is 2.55 bits per heavy atom. The number of nitrogens with zero attached hydrogens (tertiary/aromatic N) is 2. The summed E-state index contributed by atoms with van der Waals surface area (Å²) in [5.41, 5.74) is 1.43. The van der Waals surface area contributed by atoms with Gasteiger partial charge in [0.25, 0.3) is 5.91 Å². The third kappa shape index (κ3) is 4.09. The van der Waals surface area contributed by atoms with Gasteiger partial charge in [-0.3, -0.25) is 4.79 Å². The van der Waals surface area contributed by atoms with E-state index in [-0.39, 0.29) is 17.5 Å². The van der Waals surface area contributed by atoms with Crippen molar-refractivity contribution < 1.29 is 13.6 Å². The summed E-state index contributed by atoms with van der Waals surface area (Å²) in [4.78, 5) is 18.6. The number of halogens is 2. The number of nitrogens with one attached hydrogen (secondary N) is 1. The molecule has 7 heteroatoms. The van der Waals surface area contributed by atoms with Crippen LogP contribution in [0, 0.1) is 11.6 Å². The Bertz CT molecular complexity index is 1150. The lowest BCUT2D eigenvalue weighted by Gasteiger charge is -2.19. The summed E-state index contributed by atoms with van der Waals surface area (Å²) in [6.45, 7) is 0. The zero-order valence-electron chi connectivity index (χ0n) is 15.5. The van der Waals surface area contributed by atoms with E-state index in [9.17, 15) is 13.6 Å². The zero-order valence-corrected chi connectivity index (χ0v) is 16.3. The van der Waals surface area contributed by atoms with Crippen molar-refractivity contribution in [3.8, 4) is 10.4 Å². The lowest BCUT2D eigenvalue weighted by Crippen LogP contribution is -2.30. The summed E-state index contributed by atoms with van der Waals surface area (Å²) in [6.07, 6.45) is 3.40. The van der Waals surface area contributed by atoms with Crippen LogP contribution in [0.15, 0.2) is 73.1 Å². The lowest BCUT2D eigenvalue weighted by atomic mass is 10.1. The normalized spacial score (nSPS) is 12.0. The van der Waals surface area contributed by atoms with Crippen LogP contribution in [0.3, 0.4) is 0 Å². The number of aromatic nitrogens is 2. The van der Waals surface area contributed by atoms with Crippen molar-refractivity contribution in [2.24, 2.45) is 7.05 Å². The second-order valence-electron chi connectivity index (χ2n) is 6.53. The van der Waals surface area contributed by atoms with Crippen LogP contribution in [-0.2, 0) is 7.05 Å². The van der Waals surface area contributed by atoms with Gasteiger partial charge in [-0.1, -0.05) is 24.3 Å². The van der Waals surface area contributed by atoms with E-state index in [0.717, 1.165) is 10.4 Å². The molecule has 29 heavy (non-hydrogen) atoms. The number of amides is 1. The molecule has 0 aliphatic heterocycles. The fraction of sp³-hybridized carbons (Fsp3) is 0.0909. The van der Waals surface area contributed by atoms with E-state index in [4.69, 9.17) is 0 Å². The molecule has 1 amide bonds. The van der Waals surface area contributed by atoms with Crippen LogP contribution in [0.4, 0.5) is 8.78 Å². The summed E-state index contributed by atoms with van der Waals surface area (Å²) >= 11 is 1.31. The van der Waals surface area contributed by atoms with Crippen LogP contribution < -0.4 is 5.32 Å². The van der Waals surface area contributed by atoms with Crippen molar-refractivity contribution in [3.63, 3.8) is 0 Å². The molecule has 2 heterocycles. The smallest absolute Gasteiger partial charge is 0.262 e. The van der Waals surface area contributed by atoms with E-state index < -0.39 is 6.04 Å². The van der Waals surface area contributed by atoms with Gasteiger partial charge in [-0.05, 0) is 47.5 Å². The second kappa shape index (κ2) is 7.97. The third-order valence-electron chi connectivity index (χ3n) is 4.53. The summed E-state index contributed by atoms with van der Waals surface area (Å²) in [5, 5.41) is 2.96. The van der Waals surface area contributed by atoms with E-state index in [1.165, 1.54) is 35.6 Å². The van der Waals surface area contributed by atoms with Gasteiger partial charge in [-0.2, -0.15) is 0 Å². The Labute approximate surface area is 170 Å². The quantitative estimate of drug-likeness (QED) is 0.507. The van der Waals surface area contributed by atoms with Gasteiger partial charge in [0.1, 0.15) is 23.5 Å². The Balaban J connectivity index is 1.62. The summed E-state index contributed by atoms with van der Waals surface area (Å²) < 4.78 is 28.7. The van der Waals surface area contributed by atoms with E-state index in [2.05, 4.69) is 10.3 Å². The standard InChI is InChI=1S/C22H17F2N3OS/c1-27-12-11-25-21(27)20(15-3-2-4-17(24)13-15)26-22(28)19-10-9-18(29-19)14-5-7-16(23)8-6-14/h2-13,20H,1H3,(H,26,28). The van der Waals surface area contributed by atoms with Gasteiger partial charge < -0.3 is 9.88 Å². The average molecular weight is 409 g/mol. The summed E-state index contributed by atoms with van der Waals surface area (Å²) in [5.74, 6) is -0.387. The molecular formula is C22H17F2N3OS. The maximum Gasteiger partial charge on any atom is 0.262 e. The first-order chi connectivity index (χ1) is 14.0. The molecule has 0 aliphatic rings. The van der Waals surface area contributed by atoms with Crippen molar-refractivity contribution in [2.75, 3.05) is 0 Å². The maximum absolute atomic E-state index is 13.8. The highest BCUT2D eigenvalue weighted by molar-refractivity contribution is 7.17. The molecule has 1 unspecified atom stereocenters. The molecule has 0 saturated carbocycles. The molecule has 146 valence electrons. The van der Waals surface area contributed by atoms with Gasteiger partial charge in [0.05, 0.1) is 4.88 Å². The minimum atomic E-state index is -0.602. The van der Waals surface area contributed by atoms with Crippen molar-refractivity contribution in [2.45, 2.75) is 6.04 Å². The SMILES string of the molecule is Cn1ccnc1C(NC(=O)c1ccc(-c2ccc(F)cc2)s1)c1cccc(F)c1. The second-order valence-corrected chi connectivity index (χ2v) is 7.61. The van der Waals surface area contributed by atoms with Crippen LogP contribution >= 0.6 is 11.3 Å². The van der Waals surface area contributed by atoms with E-state index in [1.807, 2.05) is 13.1 Å². The molecule has 0 spiro atoms. The topological polar surface area (TPSA) is 46.9 Å². The molecule has 0 radical (unpaired) electrons. The highest BCUT2D eigenvalue weighted by atomic mass is 32.1. The Morgan fingerprint density at radius 2 is 1.86 bits per heavy atom. The number of aryl methyl sites for hydroxylation is 1. The predicted molar refractivity (Wildman–Crippen MR) is 109 cm³/mol. The molecule has 0 fully saturated rings. The van der Waals surface area contributed by atoms with Gasteiger partial charge in [0.15, 0.2) is 0 Å². The van der Waals surface area contributed by atoms with E-state index in [0.29, 0.717) is 16.3 Å². The van der Waals surface area contributed by atoms with Crippen LogP contribution in [0.5, 0.6) is 0 Å². The molecule has 4 nitrogen and oxygen atoms in total. The minimum Gasteiger partial charge on any atom is -0.337 e. The first kappa shape index (κ1) is 19.0. The van der Waals surface area contributed by atoms with Crippen molar-refractivity contribution in [3.05, 3.63) is 101 Å². The minimum absolute atomic E-state index is 0.291. The van der Waals surface area contributed by atoms with Gasteiger partial charge in [0, 0.05) is 24.3 Å². The lowest BCUT2D eigenvalue weighted by molar-refractivity contribution is 0.0945. The largest absolute Gasteiger partial charge is 0.337 e. The van der Waals surface area contributed by atoms with Gasteiger partial charge in [-0.25, -0.2) is 13.8 Å². The van der Waals surface area contributed by atoms with Crippen molar-refractivity contribution in [1.82, 2.24) is 14.9 Å². The number of carbonyl (C=O) groups is 1. The van der Waals surface area contributed by atoms with Gasteiger partial charge >= 0.3 is 0 Å². The Hall–Kier alpha value is -3.32. The Morgan fingerprint density at radius 1 is 1.07 bits per heavy atom. The molecule has 2 aromatic carbocycles. The Kier molecular flexibility index (Phi) is 5.22. The third-order valence-corrected chi connectivity index (χ3v) is 5.67. The molecule has 0 saturated heterocycles. The number of benzene rings is 2. The molecule has 1 atom stereocenters. The number of carbonyl (C=O) groups excluding carboxylic acids is 1. The molecule has 0 aliphatic carbocycles. The molecule has 0 bridgehead atoms. The first-order valence-corrected chi connectivity index (χ1v) is 9.72. The number of hydrogen-bond acceptors (Lipinski definition) is 3. The summed E-state index contributed by atoms with van der Waals surface area (Å²) in [6, 6.07) is 15.2. The number of hydrogen-bond donors (Lipinski definition) is 1. The van der Waals surface area contributed by atoms with Crippen LogP contribution in [0.25, 0.3) is 10.4 Å². The predicted octanol–water partition coefficient (Wildman–Crippen LogP) is 4.95. The molecule has 4 rings (SSSR count). The number of rotatable bonds is 5. The fourth-order valence-corrected chi connectivity index (χ4v) is 3.98. The van der Waals surface area contributed by atoms with Crippen molar-refractivity contribution >= 4 is 17.2 Å². The van der Waals surface area contributed by atoms with Gasteiger partial charge in [0.2, 0.25) is 0 Å². The van der Waals surface area contributed by atoms with Gasteiger partial charge in [-0.15, -0.1) is 11.3 Å². The van der Waals surface area contributed by atoms with E-state index in [1.54, 1.807) is 47.3 Å². The van der Waals surface area contributed by atoms with Crippen LogP contribution in [0.1, 0.15) is 27.1 Å². The summed E-state index contributed by atoms with van der Waals surface area (Å²) in [7, 11) is 1.82. The van der Waals surface area contributed by atoms with E-state index >= 15 is 0 Å². The molecular weight excluding hydrogens is 392 g/mol. The highest BCUT2D eigenvalue weighted by Gasteiger charge is 2.22. The highest BCUT2D eigenvalue weighted by Crippen LogP contribution is 2.29. The van der Waals surface area contributed by atoms with Crippen LogP contribution in [0.2, 0.25) is 0 Å². The average Bonchev–Trinajstić information content (AvgIpc) is 3.36. The number of thiophene rings is 1. The first-order valence-electron chi connectivity index (χ1n) is 8.90. The molecule has 1 N–H and O–H groups in total. The maximum atomic E-state index is 13.8. The molecule has 2 aromatic heterocycles. The molecule has 4 aromatic rings. The number of imidazole rings is 1. The van der Waals surface area contributed by atoms with Crippen molar-refractivity contribution in [1.29, 1.82) is 0 Å². The zero-order chi connectivity index (χ0) is 20.4. The van der Waals surface area contributed by atoms with Crippen LogP contribution in [-0.4, -0.2) is 15.5 Å². The fourth-order valence-electron chi connectivity index (χ4n) is 3.07.